The molecule has 0 radical (unpaired) electrons. The quantitative estimate of drug-likeness (QED) is 0.747. The zero-order valence-electron chi connectivity index (χ0n) is 13.2. The molecule has 1 aliphatic heterocycles. The van der Waals surface area contributed by atoms with Crippen LogP contribution >= 0.6 is 0 Å². The lowest BCUT2D eigenvalue weighted by molar-refractivity contribution is 0.0986. The number of aromatic nitrogens is 4. The third kappa shape index (κ3) is 2.35. The van der Waals surface area contributed by atoms with Crippen LogP contribution in [-0.2, 0) is 4.74 Å². The number of nitrogens with zero attached hydrogens (tertiary/aromatic N) is 4. The molecule has 0 amide bonds. The first kappa shape index (κ1) is 14.8. The molecule has 124 valence electrons. The summed E-state index contributed by atoms with van der Waals surface area (Å²) in [5.41, 5.74) is 8.10. The summed E-state index contributed by atoms with van der Waals surface area (Å²) in [7, 11) is 0. The minimum atomic E-state index is -0.486. The van der Waals surface area contributed by atoms with Crippen molar-refractivity contribution < 1.29 is 9.13 Å². The number of aromatic amines is 1. The third-order valence-corrected chi connectivity index (χ3v) is 4.22. The molecule has 24 heavy (non-hydrogen) atoms. The van der Waals surface area contributed by atoms with Gasteiger partial charge in [0.25, 0.3) is 0 Å². The van der Waals surface area contributed by atoms with Gasteiger partial charge in [0.1, 0.15) is 17.0 Å². The molecule has 7 nitrogen and oxygen atoms in total. The summed E-state index contributed by atoms with van der Waals surface area (Å²) in [6.07, 6.45) is 2.77. The van der Waals surface area contributed by atoms with E-state index in [9.17, 15) is 4.39 Å². The van der Waals surface area contributed by atoms with Crippen LogP contribution < -0.4 is 10.6 Å². The highest BCUT2D eigenvalue weighted by Gasteiger charge is 2.23. The molecule has 3 N–H and O–H groups in total. The molecule has 0 unspecified atom stereocenters. The molecule has 4 rings (SSSR count). The van der Waals surface area contributed by atoms with Crippen molar-refractivity contribution in [3.8, 4) is 11.4 Å². The first-order chi connectivity index (χ1) is 11.6. The van der Waals surface area contributed by atoms with Crippen molar-refractivity contribution in [1.29, 1.82) is 0 Å². The zero-order valence-corrected chi connectivity index (χ0v) is 13.2. The van der Waals surface area contributed by atoms with Crippen molar-refractivity contribution in [2.75, 3.05) is 30.4 Å². The Kier molecular flexibility index (Phi) is 3.53. The van der Waals surface area contributed by atoms with Crippen LogP contribution in [0.1, 0.15) is 6.92 Å². The normalized spacial score (nSPS) is 18.2. The first-order valence-electron chi connectivity index (χ1n) is 7.74. The van der Waals surface area contributed by atoms with Crippen molar-refractivity contribution in [1.82, 2.24) is 20.2 Å². The van der Waals surface area contributed by atoms with Gasteiger partial charge in [-0.1, -0.05) is 0 Å². The Morgan fingerprint density at radius 3 is 3.08 bits per heavy atom. The van der Waals surface area contributed by atoms with Crippen molar-refractivity contribution >= 4 is 22.4 Å². The van der Waals surface area contributed by atoms with Crippen LogP contribution in [0.2, 0.25) is 0 Å². The maximum atomic E-state index is 14.3. The molecular formula is C16H17FN6O. The van der Waals surface area contributed by atoms with Crippen LogP contribution in [-0.4, -0.2) is 46.0 Å². The average molecular weight is 328 g/mol. The SMILES string of the molecule is C[C@@H]1COCCN1c1cc(N)c2c(F)cnc(-c3ccn[nH]3)c2n1. The highest BCUT2D eigenvalue weighted by Crippen LogP contribution is 2.32. The fourth-order valence-electron chi connectivity index (χ4n) is 3.02. The van der Waals surface area contributed by atoms with E-state index in [4.69, 9.17) is 10.5 Å². The Morgan fingerprint density at radius 1 is 1.46 bits per heavy atom. The van der Waals surface area contributed by atoms with Gasteiger partial charge in [0.15, 0.2) is 5.82 Å². The van der Waals surface area contributed by atoms with Gasteiger partial charge in [0, 0.05) is 24.5 Å². The van der Waals surface area contributed by atoms with E-state index in [1.807, 2.05) is 0 Å². The maximum absolute atomic E-state index is 14.3. The Hall–Kier alpha value is -2.74. The van der Waals surface area contributed by atoms with Crippen LogP contribution in [0, 0.1) is 5.82 Å². The van der Waals surface area contributed by atoms with Crippen molar-refractivity contribution in [2.24, 2.45) is 0 Å². The summed E-state index contributed by atoms with van der Waals surface area (Å²) >= 11 is 0. The van der Waals surface area contributed by atoms with Gasteiger partial charge in [-0.15, -0.1) is 0 Å². The number of rotatable bonds is 2. The number of hydrogen-bond donors (Lipinski definition) is 2. The van der Waals surface area contributed by atoms with E-state index >= 15 is 0 Å². The Morgan fingerprint density at radius 2 is 2.33 bits per heavy atom. The molecule has 4 heterocycles. The largest absolute Gasteiger partial charge is 0.398 e. The predicted octanol–water partition coefficient (Wildman–Crippen LogP) is 1.97. The van der Waals surface area contributed by atoms with Crippen molar-refractivity contribution in [3.05, 3.63) is 30.3 Å². The molecule has 1 atom stereocenters. The number of nitrogens with two attached hydrogens (primary N) is 1. The predicted molar refractivity (Wildman–Crippen MR) is 89.1 cm³/mol. The molecule has 8 heteroatoms. The number of nitrogens with one attached hydrogen (secondary N) is 1. The van der Waals surface area contributed by atoms with Gasteiger partial charge >= 0.3 is 0 Å². The fourth-order valence-corrected chi connectivity index (χ4v) is 3.02. The lowest BCUT2D eigenvalue weighted by atomic mass is 10.1. The number of anilines is 2. The van der Waals surface area contributed by atoms with E-state index in [-0.39, 0.29) is 11.4 Å². The third-order valence-electron chi connectivity index (χ3n) is 4.22. The zero-order chi connectivity index (χ0) is 16.7. The molecule has 0 saturated carbocycles. The van der Waals surface area contributed by atoms with E-state index in [2.05, 4.69) is 32.0 Å². The summed E-state index contributed by atoms with van der Waals surface area (Å²) in [5.74, 6) is 0.212. The second-order valence-electron chi connectivity index (χ2n) is 5.84. The van der Waals surface area contributed by atoms with E-state index < -0.39 is 5.82 Å². The molecule has 3 aromatic heterocycles. The lowest BCUT2D eigenvalue weighted by Gasteiger charge is -2.34. The summed E-state index contributed by atoms with van der Waals surface area (Å²) in [6.45, 7) is 4.01. The average Bonchev–Trinajstić information content (AvgIpc) is 3.09. The molecule has 0 bridgehead atoms. The van der Waals surface area contributed by atoms with Crippen LogP contribution in [0.15, 0.2) is 24.5 Å². The van der Waals surface area contributed by atoms with E-state index in [1.54, 1.807) is 18.3 Å². The van der Waals surface area contributed by atoms with E-state index in [1.165, 1.54) is 0 Å². The minimum Gasteiger partial charge on any atom is -0.398 e. The molecule has 0 spiro atoms. The lowest BCUT2D eigenvalue weighted by Crippen LogP contribution is -2.44. The Bertz CT molecular complexity index is 882. The smallest absolute Gasteiger partial charge is 0.153 e. The monoisotopic (exact) mass is 328 g/mol. The second-order valence-corrected chi connectivity index (χ2v) is 5.84. The number of halogens is 1. The minimum absolute atomic E-state index is 0.167. The van der Waals surface area contributed by atoms with E-state index in [0.29, 0.717) is 48.2 Å². The van der Waals surface area contributed by atoms with Crippen LogP contribution in [0.4, 0.5) is 15.9 Å². The van der Waals surface area contributed by atoms with Gasteiger partial charge in [0.2, 0.25) is 0 Å². The molecule has 1 fully saturated rings. The van der Waals surface area contributed by atoms with Gasteiger partial charge in [-0.05, 0) is 13.0 Å². The molecule has 0 aromatic carbocycles. The summed E-state index contributed by atoms with van der Waals surface area (Å²) in [5, 5.41) is 7.05. The number of hydrogen-bond acceptors (Lipinski definition) is 6. The summed E-state index contributed by atoms with van der Waals surface area (Å²) in [4.78, 5) is 11.0. The van der Waals surface area contributed by atoms with Gasteiger partial charge in [-0.3, -0.25) is 5.10 Å². The Balaban J connectivity index is 1.94. The van der Waals surface area contributed by atoms with Crippen LogP contribution in [0.25, 0.3) is 22.3 Å². The van der Waals surface area contributed by atoms with Gasteiger partial charge < -0.3 is 15.4 Å². The molecular weight excluding hydrogens is 311 g/mol. The van der Waals surface area contributed by atoms with Gasteiger partial charge in [-0.25, -0.2) is 14.4 Å². The molecule has 3 aromatic rings. The summed E-state index contributed by atoms with van der Waals surface area (Å²) < 4.78 is 19.7. The number of morpholine rings is 1. The van der Waals surface area contributed by atoms with Crippen molar-refractivity contribution in [2.45, 2.75) is 13.0 Å². The second kappa shape index (κ2) is 5.72. The number of ether oxygens (including phenoxy) is 1. The maximum Gasteiger partial charge on any atom is 0.153 e. The van der Waals surface area contributed by atoms with Gasteiger partial charge in [-0.2, -0.15) is 5.10 Å². The Labute approximate surface area is 137 Å². The van der Waals surface area contributed by atoms with Crippen LogP contribution in [0.5, 0.6) is 0 Å². The highest BCUT2D eigenvalue weighted by atomic mass is 19.1. The van der Waals surface area contributed by atoms with Crippen molar-refractivity contribution in [3.63, 3.8) is 0 Å². The number of H-pyrrole nitrogens is 1. The number of fused-ring (bicyclic) bond motifs is 1. The topological polar surface area (TPSA) is 93.0 Å². The van der Waals surface area contributed by atoms with Crippen LogP contribution in [0.3, 0.4) is 0 Å². The molecule has 1 aliphatic rings. The number of pyridine rings is 2. The van der Waals surface area contributed by atoms with E-state index in [0.717, 1.165) is 6.20 Å². The number of nitrogen functional groups attached to an aromatic ring is 1. The fraction of sp³-hybridized carbons (Fsp3) is 0.312. The standard InChI is InChI=1S/C16H17FN6O/c1-9-8-24-5-4-23(9)13-6-11(18)14-10(17)7-19-15(16(14)21-13)12-2-3-20-22-12/h2-3,6-7,9H,4-5,8H2,1H3,(H2,18,21)(H,20,22)/t9-/m1/s1. The summed E-state index contributed by atoms with van der Waals surface area (Å²) in [6, 6.07) is 3.64. The first-order valence-corrected chi connectivity index (χ1v) is 7.74. The molecule has 0 aliphatic carbocycles. The van der Waals surface area contributed by atoms with Gasteiger partial charge in [0.05, 0.1) is 36.5 Å². The highest BCUT2D eigenvalue weighted by molar-refractivity contribution is 5.99. The molecule has 1 saturated heterocycles.